The number of rotatable bonds is 11. The highest BCUT2D eigenvalue weighted by atomic mass is 16.4. The maximum Gasteiger partial charge on any atom is 0.321 e. The summed E-state index contributed by atoms with van der Waals surface area (Å²) >= 11 is 0. The van der Waals surface area contributed by atoms with Gasteiger partial charge in [0.1, 0.15) is 0 Å². The molecule has 0 spiro atoms. The molecule has 0 aliphatic heterocycles. The molecule has 0 heterocycles. The van der Waals surface area contributed by atoms with E-state index in [1.807, 2.05) is 18.2 Å². The Labute approximate surface area is 186 Å². The van der Waals surface area contributed by atoms with Crippen molar-refractivity contribution in [2.75, 3.05) is 18.5 Å². The highest BCUT2D eigenvalue weighted by Crippen LogP contribution is 2.30. The Balaban J connectivity index is 2.28. The Hall–Kier alpha value is -2.82. The van der Waals surface area contributed by atoms with Gasteiger partial charge in [0.2, 0.25) is 0 Å². The fourth-order valence-corrected chi connectivity index (χ4v) is 3.85. The van der Waals surface area contributed by atoms with Crippen LogP contribution in [0.25, 0.3) is 11.1 Å². The van der Waals surface area contributed by atoms with Gasteiger partial charge < -0.3 is 10.4 Å². The van der Waals surface area contributed by atoms with E-state index < -0.39 is 5.97 Å². The molecule has 0 aliphatic rings. The van der Waals surface area contributed by atoms with E-state index in [9.17, 15) is 9.59 Å². The summed E-state index contributed by atoms with van der Waals surface area (Å²) < 4.78 is 0. The number of aryl methyl sites for hydroxylation is 2. The largest absolute Gasteiger partial charge is 0.481 e. The first-order chi connectivity index (χ1) is 14.9. The molecule has 168 valence electrons. The number of anilines is 1. The molecule has 0 atom stereocenters. The predicted octanol–water partition coefficient (Wildman–Crippen LogP) is 5.83. The number of urea groups is 1. The van der Waals surface area contributed by atoms with Crippen molar-refractivity contribution < 1.29 is 14.7 Å². The molecule has 5 heteroatoms. The third-order valence-electron chi connectivity index (χ3n) is 5.71. The van der Waals surface area contributed by atoms with Gasteiger partial charge in [-0.15, -0.1) is 0 Å². The zero-order valence-corrected chi connectivity index (χ0v) is 19.3. The van der Waals surface area contributed by atoms with Gasteiger partial charge in [-0.05, 0) is 65.6 Å². The molecule has 31 heavy (non-hydrogen) atoms. The molecule has 2 aromatic carbocycles. The van der Waals surface area contributed by atoms with Crippen molar-refractivity contribution in [3.8, 4) is 11.1 Å². The Morgan fingerprint density at radius 3 is 2.23 bits per heavy atom. The lowest BCUT2D eigenvalue weighted by atomic mass is 9.89. The van der Waals surface area contributed by atoms with Gasteiger partial charge >= 0.3 is 12.0 Å². The molecule has 0 saturated carbocycles. The normalized spacial score (nSPS) is 10.7. The van der Waals surface area contributed by atoms with Gasteiger partial charge in [-0.25, -0.2) is 4.79 Å². The van der Waals surface area contributed by atoms with Gasteiger partial charge in [-0.1, -0.05) is 57.9 Å². The van der Waals surface area contributed by atoms with Crippen LogP contribution in [0, 0.1) is 0 Å². The molecular formula is C26H36N2O3. The second kappa shape index (κ2) is 12.1. The summed E-state index contributed by atoms with van der Waals surface area (Å²) in [6, 6.07) is 12.2. The molecule has 0 aromatic heterocycles. The number of amides is 2. The summed E-state index contributed by atoms with van der Waals surface area (Å²) in [4.78, 5) is 25.2. The number of carboxylic acids is 1. The molecule has 0 radical (unpaired) electrons. The molecule has 0 bridgehead atoms. The van der Waals surface area contributed by atoms with E-state index in [1.165, 1.54) is 11.1 Å². The molecule has 2 amide bonds. The monoisotopic (exact) mass is 424 g/mol. The van der Waals surface area contributed by atoms with Crippen LogP contribution in [0.5, 0.6) is 0 Å². The Bertz CT molecular complexity index is 867. The Kier molecular flexibility index (Phi) is 9.57. The smallest absolute Gasteiger partial charge is 0.321 e. The summed E-state index contributed by atoms with van der Waals surface area (Å²) in [6.07, 6.45) is 5.65. The molecule has 2 rings (SSSR count). The van der Waals surface area contributed by atoms with Crippen LogP contribution in [0.3, 0.4) is 0 Å². The molecular weight excluding hydrogens is 388 g/mol. The van der Waals surface area contributed by atoms with Crippen molar-refractivity contribution in [3.05, 3.63) is 53.1 Å². The van der Waals surface area contributed by atoms with Gasteiger partial charge in [-0.3, -0.25) is 9.69 Å². The zero-order valence-electron chi connectivity index (χ0n) is 19.3. The van der Waals surface area contributed by atoms with Gasteiger partial charge in [0.15, 0.2) is 0 Å². The first-order valence-corrected chi connectivity index (χ1v) is 11.4. The Morgan fingerprint density at radius 1 is 0.968 bits per heavy atom. The van der Waals surface area contributed by atoms with E-state index in [2.05, 4.69) is 44.3 Å². The number of hydrogen-bond acceptors (Lipinski definition) is 2. The second-order valence-electron chi connectivity index (χ2n) is 7.92. The lowest BCUT2D eigenvalue weighted by Crippen LogP contribution is -2.37. The summed E-state index contributed by atoms with van der Waals surface area (Å²) in [7, 11) is 1.79. The van der Waals surface area contributed by atoms with Crippen LogP contribution in [0.15, 0.2) is 36.4 Å². The standard InChI is InChI=1S/C26H36N2O3/c1-5-8-9-15-27-26(31)28(4)23-12-10-11-21(18-23)22-16-19(6-2)24(13-14-25(29)30)20(7-3)17-22/h10-12,16-18H,5-9,13-15H2,1-4H3,(H,27,31)(H,29,30). The van der Waals surface area contributed by atoms with E-state index in [0.29, 0.717) is 13.0 Å². The number of carbonyl (C=O) groups excluding carboxylic acids is 1. The number of unbranched alkanes of at least 4 members (excludes halogenated alkanes) is 2. The minimum absolute atomic E-state index is 0.0965. The van der Waals surface area contributed by atoms with Crippen LogP contribution in [-0.4, -0.2) is 30.7 Å². The quantitative estimate of drug-likeness (QED) is 0.446. The summed E-state index contributed by atoms with van der Waals surface area (Å²) in [5, 5.41) is 12.1. The average molecular weight is 425 g/mol. The lowest BCUT2D eigenvalue weighted by molar-refractivity contribution is -0.136. The van der Waals surface area contributed by atoms with Gasteiger partial charge in [0.25, 0.3) is 0 Å². The first-order valence-electron chi connectivity index (χ1n) is 11.4. The molecule has 0 fully saturated rings. The first kappa shape index (κ1) is 24.4. The maximum atomic E-state index is 12.5. The van der Waals surface area contributed by atoms with E-state index in [0.717, 1.165) is 54.5 Å². The van der Waals surface area contributed by atoms with Gasteiger partial charge in [-0.2, -0.15) is 0 Å². The van der Waals surface area contributed by atoms with Crippen molar-refractivity contribution in [2.45, 2.75) is 65.7 Å². The maximum absolute atomic E-state index is 12.5. The van der Waals surface area contributed by atoms with Crippen LogP contribution in [0.2, 0.25) is 0 Å². The third-order valence-corrected chi connectivity index (χ3v) is 5.71. The minimum atomic E-state index is -0.767. The van der Waals surface area contributed by atoms with Crippen LogP contribution in [-0.2, 0) is 24.1 Å². The number of carbonyl (C=O) groups is 2. The van der Waals surface area contributed by atoms with Crippen molar-refractivity contribution in [1.82, 2.24) is 5.32 Å². The van der Waals surface area contributed by atoms with Crippen molar-refractivity contribution in [2.24, 2.45) is 0 Å². The third kappa shape index (κ3) is 6.84. The molecule has 2 N–H and O–H groups in total. The predicted molar refractivity (Wildman–Crippen MR) is 128 cm³/mol. The molecule has 2 aromatic rings. The van der Waals surface area contributed by atoms with Crippen molar-refractivity contribution >= 4 is 17.7 Å². The van der Waals surface area contributed by atoms with Crippen LogP contribution in [0.1, 0.15) is 63.1 Å². The summed E-state index contributed by atoms with van der Waals surface area (Å²) in [6.45, 7) is 7.05. The SMILES string of the molecule is CCCCCNC(=O)N(C)c1cccc(-c2cc(CC)c(CCC(=O)O)c(CC)c2)c1. The number of nitrogens with one attached hydrogen (secondary N) is 1. The Morgan fingerprint density at radius 2 is 1.65 bits per heavy atom. The minimum Gasteiger partial charge on any atom is -0.481 e. The van der Waals surface area contributed by atoms with Crippen molar-refractivity contribution in [1.29, 1.82) is 0 Å². The van der Waals surface area contributed by atoms with Gasteiger partial charge in [0, 0.05) is 25.7 Å². The average Bonchev–Trinajstić information content (AvgIpc) is 2.79. The number of benzene rings is 2. The summed E-state index contributed by atoms with van der Waals surface area (Å²) in [5.41, 5.74) is 6.56. The zero-order chi connectivity index (χ0) is 22.8. The van der Waals surface area contributed by atoms with Crippen molar-refractivity contribution in [3.63, 3.8) is 0 Å². The number of carboxylic acid groups (broad SMARTS) is 1. The van der Waals surface area contributed by atoms with E-state index in [4.69, 9.17) is 5.11 Å². The molecule has 0 saturated heterocycles. The molecule has 0 unspecified atom stereocenters. The van der Waals surface area contributed by atoms with Crippen LogP contribution in [0.4, 0.5) is 10.5 Å². The number of nitrogens with zero attached hydrogens (tertiary/aromatic N) is 1. The summed E-state index contributed by atoms with van der Waals surface area (Å²) in [5.74, 6) is -0.767. The molecule has 0 aliphatic carbocycles. The second-order valence-corrected chi connectivity index (χ2v) is 7.92. The van der Waals surface area contributed by atoms with Gasteiger partial charge in [0.05, 0.1) is 0 Å². The van der Waals surface area contributed by atoms with E-state index in [-0.39, 0.29) is 12.5 Å². The highest BCUT2D eigenvalue weighted by molar-refractivity contribution is 5.92. The molecule has 5 nitrogen and oxygen atoms in total. The lowest BCUT2D eigenvalue weighted by Gasteiger charge is -2.20. The van der Waals surface area contributed by atoms with Crippen LogP contribution < -0.4 is 10.2 Å². The van der Waals surface area contributed by atoms with Crippen LogP contribution >= 0.6 is 0 Å². The number of aliphatic carboxylic acids is 1. The highest BCUT2D eigenvalue weighted by Gasteiger charge is 2.14. The van der Waals surface area contributed by atoms with E-state index in [1.54, 1.807) is 11.9 Å². The topological polar surface area (TPSA) is 69.6 Å². The number of hydrogen-bond donors (Lipinski definition) is 2. The van der Waals surface area contributed by atoms with E-state index >= 15 is 0 Å². The fourth-order valence-electron chi connectivity index (χ4n) is 3.85. The fraction of sp³-hybridized carbons (Fsp3) is 0.462.